The Bertz CT molecular complexity index is 838. The number of nitrogens with one attached hydrogen (secondary N) is 2. The minimum atomic E-state index is -0.187. The molecule has 24 heavy (non-hydrogen) atoms. The number of nitrogens with zero attached hydrogens (tertiary/aromatic N) is 2. The maximum absolute atomic E-state index is 12.6. The van der Waals surface area contributed by atoms with Crippen LogP contribution in [-0.4, -0.2) is 28.2 Å². The second-order valence-electron chi connectivity index (χ2n) is 5.37. The fourth-order valence-corrected chi connectivity index (χ4v) is 3.07. The van der Waals surface area contributed by atoms with Crippen LogP contribution in [0.15, 0.2) is 35.8 Å². The summed E-state index contributed by atoms with van der Waals surface area (Å²) < 4.78 is 5.16. The second kappa shape index (κ2) is 6.84. The predicted molar refractivity (Wildman–Crippen MR) is 93.3 cm³/mol. The molecule has 124 valence electrons. The highest BCUT2D eigenvalue weighted by Crippen LogP contribution is 2.24. The molecular formula is C17H18N4O2S. The molecule has 3 rings (SSSR count). The SMILES string of the molecule is COc1ccc(-c2[nH]ncc2C(=O)N[C@H](C)c2csc(C)n2)cc1. The smallest absolute Gasteiger partial charge is 0.255 e. The van der Waals surface area contributed by atoms with Crippen molar-refractivity contribution in [2.24, 2.45) is 0 Å². The van der Waals surface area contributed by atoms with Crippen molar-refractivity contribution in [2.45, 2.75) is 19.9 Å². The zero-order valence-electron chi connectivity index (χ0n) is 13.7. The Balaban J connectivity index is 1.79. The lowest BCUT2D eigenvalue weighted by Gasteiger charge is -2.12. The minimum absolute atomic E-state index is 0.166. The van der Waals surface area contributed by atoms with Crippen LogP contribution in [0.3, 0.4) is 0 Å². The fourth-order valence-electron chi connectivity index (χ4n) is 2.36. The van der Waals surface area contributed by atoms with Crippen LogP contribution in [0.25, 0.3) is 11.3 Å². The van der Waals surface area contributed by atoms with Gasteiger partial charge in [0.2, 0.25) is 0 Å². The number of aromatic nitrogens is 3. The molecule has 0 aliphatic carbocycles. The number of carbonyl (C=O) groups is 1. The largest absolute Gasteiger partial charge is 0.497 e. The molecule has 0 fully saturated rings. The van der Waals surface area contributed by atoms with Gasteiger partial charge < -0.3 is 10.1 Å². The third-order valence-corrected chi connectivity index (χ3v) is 4.48. The van der Waals surface area contributed by atoms with Crippen molar-refractivity contribution >= 4 is 17.2 Å². The van der Waals surface area contributed by atoms with Gasteiger partial charge in [0, 0.05) is 10.9 Å². The highest BCUT2D eigenvalue weighted by molar-refractivity contribution is 7.09. The zero-order valence-corrected chi connectivity index (χ0v) is 14.5. The van der Waals surface area contributed by atoms with Gasteiger partial charge in [-0.15, -0.1) is 11.3 Å². The van der Waals surface area contributed by atoms with Gasteiger partial charge in [-0.1, -0.05) is 0 Å². The number of rotatable bonds is 5. The van der Waals surface area contributed by atoms with Crippen LogP contribution >= 0.6 is 11.3 Å². The van der Waals surface area contributed by atoms with E-state index in [0.717, 1.165) is 22.0 Å². The van der Waals surface area contributed by atoms with Crippen LogP contribution in [0, 0.1) is 6.92 Å². The molecule has 0 aliphatic heterocycles. The number of aryl methyl sites for hydroxylation is 1. The Kier molecular flexibility index (Phi) is 4.61. The van der Waals surface area contributed by atoms with Crippen molar-refractivity contribution in [1.82, 2.24) is 20.5 Å². The summed E-state index contributed by atoms with van der Waals surface area (Å²) in [5, 5.41) is 12.8. The molecule has 7 heteroatoms. The molecule has 0 unspecified atom stereocenters. The van der Waals surface area contributed by atoms with E-state index in [1.54, 1.807) is 18.4 Å². The number of carbonyl (C=O) groups excluding carboxylic acids is 1. The maximum Gasteiger partial charge on any atom is 0.255 e. The summed E-state index contributed by atoms with van der Waals surface area (Å²) in [6, 6.07) is 7.30. The lowest BCUT2D eigenvalue weighted by Crippen LogP contribution is -2.27. The van der Waals surface area contributed by atoms with Crippen LogP contribution < -0.4 is 10.1 Å². The Morgan fingerprint density at radius 2 is 2.08 bits per heavy atom. The summed E-state index contributed by atoms with van der Waals surface area (Å²) in [4.78, 5) is 17.0. The summed E-state index contributed by atoms with van der Waals surface area (Å²) in [5.74, 6) is 0.574. The van der Waals surface area contributed by atoms with Crippen molar-refractivity contribution in [3.05, 3.63) is 52.1 Å². The summed E-state index contributed by atoms with van der Waals surface area (Å²) in [5.41, 5.74) is 2.91. The first-order chi connectivity index (χ1) is 11.6. The fraction of sp³-hybridized carbons (Fsp3) is 0.235. The molecule has 6 nitrogen and oxygen atoms in total. The molecule has 1 atom stereocenters. The number of aromatic amines is 1. The van der Waals surface area contributed by atoms with Gasteiger partial charge in [-0.25, -0.2) is 4.98 Å². The lowest BCUT2D eigenvalue weighted by molar-refractivity contribution is 0.0940. The van der Waals surface area contributed by atoms with Gasteiger partial charge in [-0.2, -0.15) is 5.10 Å². The van der Waals surface area contributed by atoms with Gasteiger partial charge in [-0.05, 0) is 38.1 Å². The van der Waals surface area contributed by atoms with E-state index >= 15 is 0 Å². The van der Waals surface area contributed by atoms with Crippen LogP contribution in [0.2, 0.25) is 0 Å². The molecule has 0 saturated heterocycles. The maximum atomic E-state index is 12.6. The summed E-state index contributed by atoms with van der Waals surface area (Å²) >= 11 is 1.57. The summed E-state index contributed by atoms with van der Waals surface area (Å²) in [7, 11) is 1.62. The number of thiazole rings is 1. The van der Waals surface area contributed by atoms with Crippen molar-refractivity contribution in [3.63, 3.8) is 0 Å². The zero-order chi connectivity index (χ0) is 17.1. The van der Waals surface area contributed by atoms with E-state index in [4.69, 9.17) is 4.74 Å². The predicted octanol–water partition coefficient (Wildman–Crippen LogP) is 3.34. The average Bonchev–Trinajstić information content (AvgIpc) is 3.24. The summed E-state index contributed by atoms with van der Waals surface area (Å²) in [6.07, 6.45) is 1.54. The normalized spacial score (nSPS) is 12.0. The molecule has 0 spiro atoms. The van der Waals surface area contributed by atoms with Crippen molar-refractivity contribution in [2.75, 3.05) is 7.11 Å². The topological polar surface area (TPSA) is 79.9 Å². The Hall–Kier alpha value is -2.67. The standard InChI is InChI=1S/C17H18N4O2S/c1-10(15-9-24-11(2)20-15)19-17(22)14-8-18-21-16(14)12-4-6-13(23-3)7-5-12/h4-10H,1-3H3,(H,18,21)(H,19,22)/t10-/m1/s1. The molecule has 0 aliphatic rings. The first-order valence-electron chi connectivity index (χ1n) is 7.49. The molecule has 0 bridgehead atoms. The first kappa shape index (κ1) is 16.2. The molecule has 1 aromatic carbocycles. The van der Waals surface area contributed by atoms with E-state index in [-0.39, 0.29) is 11.9 Å². The van der Waals surface area contributed by atoms with E-state index in [9.17, 15) is 4.79 Å². The van der Waals surface area contributed by atoms with Crippen molar-refractivity contribution < 1.29 is 9.53 Å². The van der Waals surface area contributed by atoms with E-state index in [1.165, 1.54) is 6.20 Å². The third-order valence-electron chi connectivity index (χ3n) is 3.69. The van der Waals surface area contributed by atoms with Gasteiger partial charge in [-0.3, -0.25) is 9.89 Å². The highest BCUT2D eigenvalue weighted by atomic mass is 32.1. The quantitative estimate of drug-likeness (QED) is 0.745. The monoisotopic (exact) mass is 342 g/mol. The number of amides is 1. The van der Waals surface area contributed by atoms with Crippen LogP contribution in [-0.2, 0) is 0 Å². The van der Waals surface area contributed by atoms with E-state index in [2.05, 4.69) is 20.5 Å². The van der Waals surface area contributed by atoms with Gasteiger partial charge >= 0.3 is 0 Å². The Labute approximate surface area is 143 Å². The van der Waals surface area contributed by atoms with Crippen molar-refractivity contribution in [3.8, 4) is 17.0 Å². The number of hydrogen-bond donors (Lipinski definition) is 2. The van der Waals surface area contributed by atoms with E-state index in [0.29, 0.717) is 11.3 Å². The molecule has 2 aromatic heterocycles. The van der Waals surface area contributed by atoms with Gasteiger partial charge in [0.05, 0.1) is 41.3 Å². The van der Waals surface area contributed by atoms with Gasteiger partial charge in [0.15, 0.2) is 0 Å². The minimum Gasteiger partial charge on any atom is -0.497 e. The number of methoxy groups -OCH3 is 1. The number of ether oxygens (including phenoxy) is 1. The molecular weight excluding hydrogens is 324 g/mol. The Morgan fingerprint density at radius 3 is 2.71 bits per heavy atom. The van der Waals surface area contributed by atoms with Crippen LogP contribution in [0.4, 0.5) is 0 Å². The lowest BCUT2D eigenvalue weighted by atomic mass is 10.1. The van der Waals surface area contributed by atoms with E-state index in [1.807, 2.05) is 43.5 Å². The molecule has 2 heterocycles. The third kappa shape index (κ3) is 3.30. The second-order valence-corrected chi connectivity index (χ2v) is 6.44. The molecule has 0 saturated carbocycles. The molecule has 1 amide bonds. The van der Waals surface area contributed by atoms with E-state index < -0.39 is 0 Å². The molecule has 0 radical (unpaired) electrons. The number of H-pyrrole nitrogens is 1. The molecule has 3 aromatic rings. The van der Waals surface area contributed by atoms with Gasteiger partial charge in [0.1, 0.15) is 5.75 Å². The molecule has 2 N–H and O–H groups in total. The summed E-state index contributed by atoms with van der Waals surface area (Å²) in [6.45, 7) is 3.86. The van der Waals surface area contributed by atoms with Crippen LogP contribution in [0.5, 0.6) is 5.75 Å². The number of hydrogen-bond acceptors (Lipinski definition) is 5. The Morgan fingerprint density at radius 1 is 1.33 bits per heavy atom. The van der Waals surface area contributed by atoms with Crippen LogP contribution in [0.1, 0.15) is 34.0 Å². The first-order valence-corrected chi connectivity index (χ1v) is 8.37. The average molecular weight is 342 g/mol. The van der Waals surface area contributed by atoms with Gasteiger partial charge in [0.25, 0.3) is 5.91 Å². The highest BCUT2D eigenvalue weighted by Gasteiger charge is 2.18. The van der Waals surface area contributed by atoms with Crippen molar-refractivity contribution in [1.29, 1.82) is 0 Å². The number of benzene rings is 1.